The highest BCUT2D eigenvalue weighted by molar-refractivity contribution is 7.25. The summed E-state index contributed by atoms with van der Waals surface area (Å²) in [6, 6.07) is 8.01. The lowest BCUT2D eigenvalue weighted by Crippen LogP contribution is -1.70. The fourth-order valence-corrected chi connectivity index (χ4v) is 3.06. The second-order valence-electron chi connectivity index (χ2n) is 3.09. The van der Waals surface area contributed by atoms with Crippen molar-refractivity contribution >= 4 is 43.1 Å². The predicted molar refractivity (Wildman–Crippen MR) is 62.1 cm³/mol. The van der Waals surface area contributed by atoms with Gasteiger partial charge in [-0.15, -0.1) is 11.3 Å². The summed E-state index contributed by atoms with van der Waals surface area (Å²) in [5, 5.41) is 3.09. The van der Waals surface area contributed by atoms with Crippen molar-refractivity contribution in [1.29, 1.82) is 0 Å². The Kier molecular flexibility index (Phi) is 1.72. The largest absolute Gasteiger partial charge is 0.264 e. The van der Waals surface area contributed by atoms with Crippen molar-refractivity contribution in [3.63, 3.8) is 0 Å². The quantitative estimate of drug-likeness (QED) is 0.555. The molecule has 0 saturated carbocycles. The molecule has 0 unspecified atom stereocenters. The number of hydrogen-bond donors (Lipinski definition) is 0. The van der Waals surface area contributed by atoms with E-state index >= 15 is 0 Å². The molecule has 0 aliphatic rings. The van der Waals surface area contributed by atoms with Crippen LogP contribution in [0.25, 0.3) is 20.2 Å². The summed E-state index contributed by atoms with van der Waals surface area (Å²) in [6.07, 6.45) is 3.69. The molecule has 0 bridgehead atoms. The summed E-state index contributed by atoms with van der Waals surface area (Å²) >= 11 is 7.91. The summed E-state index contributed by atoms with van der Waals surface area (Å²) in [4.78, 5) is 4.12. The maximum absolute atomic E-state index is 6.16. The second-order valence-corrected chi connectivity index (χ2v) is 4.58. The minimum atomic E-state index is 0.807. The fraction of sp³-hybridized carbons (Fsp3) is 0. The topological polar surface area (TPSA) is 12.9 Å². The number of nitrogens with zero attached hydrogens (tertiary/aromatic N) is 1. The average Bonchev–Trinajstić information content (AvgIpc) is 2.57. The molecule has 0 fully saturated rings. The van der Waals surface area contributed by atoms with Gasteiger partial charge in [0.25, 0.3) is 0 Å². The lowest BCUT2D eigenvalue weighted by atomic mass is 10.2. The molecule has 2 heterocycles. The summed E-state index contributed by atoms with van der Waals surface area (Å²) < 4.78 is 2.46. The van der Waals surface area contributed by atoms with Crippen LogP contribution in [0.3, 0.4) is 0 Å². The highest BCUT2D eigenvalue weighted by atomic mass is 35.5. The summed E-state index contributed by atoms with van der Waals surface area (Å²) in [6.45, 7) is 0. The van der Waals surface area contributed by atoms with E-state index in [1.165, 1.54) is 9.40 Å². The number of fused-ring (bicyclic) bond motifs is 3. The smallest absolute Gasteiger partial charge is 0.0499 e. The number of aromatic nitrogens is 1. The van der Waals surface area contributed by atoms with Crippen LogP contribution in [0, 0.1) is 0 Å². The van der Waals surface area contributed by atoms with E-state index in [9.17, 15) is 0 Å². The molecule has 0 spiro atoms. The average molecular weight is 220 g/mol. The predicted octanol–water partition coefficient (Wildman–Crippen LogP) is 4.10. The van der Waals surface area contributed by atoms with E-state index in [1.807, 2.05) is 30.6 Å². The molecule has 0 aliphatic heterocycles. The Labute approximate surface area is 90.0 Å². The first kappa shape index (κ1) is 8.21. The van der Waals surface area contributed by atoms with Crippen LogP contribution in [-0.4, -0.2) is 4.98 Å². The van der Waals surface area contributed by atoms with Gasteiger partial charge < -0.3 is 0 Å². The molecule has 0 aliphatic carbocycles. The van der Waals surface area contributed by atoms with Gasteiger partial charge in [0.1, 0.15) is 0 Å². The van der Waals surface area contributed by atoms with Gasteiger partial charge >= 0.3 is 0 Å². The van der Waals surface area contributed by atoms with Gasteiger partial charge in [0.2, 0.25) is 0 Å². The Balaban J connectivity index is 2.65. The van der Waals surface area contributed by atoms with Gasteiger partial charge in [0.05, 0.1) is 0 Å². The highest BCUT2D eigenvalue weighted by Crippen LogP contribution is 2.36. The van der Waals surface area contributed by atoms with Crippen molar-refractivity contribution in [2.24, 2.45) is 0 Å². The van der Waals surface area contributed by atoms with Crippen molar-refractivity contribution in [2.75, 3.05) is 0 Å². The van der Waals surface area contributed by atoms with Gasteiger partial charge in [-0.05, 0) is 18.2 Å². The van der Waals surface area contributed by atoms with Crippen molar-refractivity contribution in [3.05, 3.63) is 41.7 Å². The Morgan fingerprint density at radius 2 is 2.07 bits per heavy atom. The third kappa shape index (κ3) is 1.04. The van der Waals surface area contributed by atoms with E-state index in [4.69, 9.17) is 11.6 Å². The number of benzene rings is 1. The molecule has 3 heteroatoms. The molecule has 3 rings (SSSR count). The highest BCUT2D eigenvalue weighted by Gasteiger charge is 2.06. The first-order valence-corrected chi connectivity index (χ1v) is 5.46. The Bertz CT molecular complexity index is 615. The molecule has 0 saturated heterocycles. The van der Waals surface area contributed by atoms with Crippen LogP contribution in [0.4, 0.5) is 0 Å². The molecule has 3 aromatic rings. The zero-order valence-corrected chi connectivity index (χ0v) is 8.77. The van der Waals surface area contributed by atoms with Crippen molar-refractivity contribution in [1.82, 2.24) is 4.98 Å². The third-order valence-electron chi connectivity index (χ3n) is 2.25. The molecular weight excluding hydrogens is 214 g/mol. The van der Waals surface area contributed by atoms with Crippen molar-refractivity contribution < 1.29 is 0 Å². The van der Waals surface area contributed by atoms with Crippen molar-refractivity contribution in [3.8, 4) is 0 Å². The molecule has 1 nitrogen and oxygen atoms in total. The zero-order valence-electron chi connectivity index (χ0n) is 7.20. The van der Waals surface area contributed by atoms with Gasteiger partial charge in [0.15, 0.2) is 0 Å². The van der Waals surface area contributed by atoms with Crippen LogP contribution in [0.1, 0.15) is 0 Å². The SMILES string of the molecule is Clc1cccc2sc3ccncc3c12. The molecule has 0 radical (unpaired) electrons. The van der Waals surface area contributed by atoms with Gasteiger partial charge in [-0.3, -0.25) is 4.98 Å². The summed E-state index contributed by atoms with van der Waals surface area (Å²) in [7, 11) is 0. The van der Waals surface area contributed by atoms with E-state index in [0.717, 1.165) is 15.8 Å². The molecule has 2 aromatic heterocycles. The van der Waals surface area contributed by atoms with Crippen LogP contribution in [-0.2, 0) is 0 Å². The van der Waals surface area contributed by atoms with Crippen molar-refractivity contribution in [2.45, 2.75) is 0 Å². The second kappa shape index (κ2) is 2.94. The van der Waals surface area contributed by atoms with E-state index < -0.39 is 0 Å². The van der Waals surface area contributed by atoms with Gasteiger partial charge in [-0.2, -0.15) is 0 Å². The molecule has 68 valence electrons. The minimum Gasteiger partial charge on any atom is -0.264 e. The summed E-state index contributed by atoms with van der Waals surface area (Å²) in [5.74, 6) is 0. The number of thiophene rings is 1. The van der Waals surface area contributed by atoms with E-state index in [0.29, 0.717) is 0 Å². The van der Waals surface area contributed by atoms with Crippen LogP contribution >= 0.6 is 22.9 Å². The number of halogens is 1. The lowest BCUT2D eigenvalue weighted by molar-refractivity contribution is 1.37. The number of rotatable bonds is 0. The normalized spacial score (nSPS) is 11.2. The van der Waals surface area contributed by atoms with Crippen LogP contribution < -0.4 is 0 Å². The maximum atomic E-state index is 6.16. The molecule has 0 N–H and O–H groups in total. The van der Waals surface area contributed by atoms with Crippen LogP contribution in [0.2, 0.25) is 5.02 Å². The molecule has 0 atom stereocenters. The standard InChI is InChI=1S/C11H6ClNS/c12-8-2-1-3-10-11(8)7-6-13-5-4-9(7)14-10/h1-6H. The Morgan fingerprint density at radius 3 is 3.00 bits per heavy atom. The van der Waals surface area contributed by atoms with E-state index in [2.05, 4.69) is 11.1 Å². The monoisotopic (exact) mass is 219 g/mol. The fourth-order valence-electron chi connectivity index (χ4n) is 1.63. The Hall–Kier alpha value is -1.12. The molecule has 0 amide bonds. The zero-order chi connectivity index (χ0) is 9.54. The molecule has 1 aromatic carbocycles. The number of hydrogen-bond acceptors (Lipinski definition) is 2. The third-order valence-corrected chi connectivity index (χ3v) is 3.70. The maximum Gasteiger partial charge on any atom is 0.0499 e. The molecule has 14 heavy (non-hydrogen) atoms. The van der Waals surface area contributed by atoms with E-state index in [-0.39, 0.29) is 0 Å². The van der Waals surface area contributed by atoms with E-state index in [1.54, 1.807) is 11.3 Å². The van der Waals surface area contributed by atoms with Gasteiger partial charge in [-0.25, -0.2) is 0 Å². The number of pyridine rings is 1. The van der Waals surface area contributed by atoms with Gasteiger partial charge in [-0.1, -0.05) is 17.7 Å². The van der Waals surface area contributed by atoms with Gasteiger partial charge in [0, 0.05) is 37.6 Å². The molecular formula is C11H6ClNS. The Morgan fingerprint density at radius 1 is 1.14 bits per heavy atom. The lowest BCUT2D eigenvalue weighted by Gasteiger charge is -1.92. The first-order valence-electron chi connectivity index (χ1n) is 4.27. The van der Waals surface area contributed by atoms with Crippen LogP contribution in [0.15, 0.2) is 36.7 Å². The summed E-state index contributed by atoms with van der Waals surface area (Å²) in [5.41, 5.74) is 0. The first-order chi connectivity index (χ1) is 6.86. The minimum absolute atomic E-state index is 0.807. The van der Waals surface area contributed by atoms with Crippen LogP contribution in [0.5, 0.6) is 0 Å².